The highest BCUT2D eigenvalue weighted by Crippen LogP contribution is 2.45. The molecule has 0 aliphatic carbocycles. The first-order valence-electron chi connectivity index (χ1n) is 12.4. The van der Waals surface area contributed by atoms with Gasteiger partial charge >= 0.3 is 0 Å². The van der Waals surface area contributed by atoms with Gasteiger partial charge in [-0.2, -0.15) is 0 Å². The number of aromatic nitrogens is 2. The van der Waals surface area contributed by atoms with Gasteiger partial charge < -0.3 is 9.13 Å². The molecule has 0 aliphatic heterocycles. The molecule has 3 heteroatoms. The molecule has 7 aromatic rings. The lowest BCUT2D eigenvalue weighted by molar-refractivity contribution is 0.731. The lowest BCUT2D eigenvalue weighted by Crippen LogP contribution is -2.04. The molecule has 170 valence electrons. The standard InChI is InChI=1S/C32H26N2S/c1-3-11-23(12-4-1)19-21-33-27-17-9-7-15-25(27)31-29(33)30-32(35-31)26-16-8-10-18-28(26)34(30)22-20-24-13-5-2-6-14-24/h1-18H,19-22H2. The van der Waals surface area contributed by atoms with Crippen molar-refractivity contribution in [2.45, 2.75) is 25.9 Å². The molecule has 7 rings (SSSR count). The second kappa shape index (κ2) is 8.44. The molecule has 2 nitrogen and oxygen atoms in total. The summed E-state index contributed by atoms with van der Waals surface area (Å²) in [5, 5.41) is 2.74. The molecular weight excluding hydrogens is 444 g/mol. The van der Waals surface area contributed by atoms with Gasteiger partial charge in [-0.05, 0) is 36.1 Å². The van der Waals surface area contributed by atoms with Crippen LogP contribution in [0.25, 0.3) is 42.2 Å². The van der Waals surface area contributed by atoms with Crippen molar-refractivity contribution in [3.63, 3.8) is 0 Å². The van der Waals surface area contributed by atoms with Gasteiger partial charge in [-0.1, -0.05) is 97.1 Å². The zero-order chi connectivity index (χ0) is 23.2. The van der Waals surface area contributed by atoms with Crippen LogP contribution in [0.1, 0.15) is 11.1 Å². The van der Waals surface area contributed by atoms with Crippen molar-refractivity contribution < 1.29 is 0 Å². The van der Waals surface area contributed by atoms with E-state index in [9.17, 15) is 0 Å². The number of para-hydroxylation sites is 2. The van der Waals surface area contributed by atoms with Gasteiger partial charge in [0.25, 0.3) is 0 Å². The zero-order valence-corrected chi connectivity index (χ0v) is 20.3. The van der Waals surface area contributed by atoms with Crippen molar-refractivity contribution in [1.29, 1.82) is 0 Å². The molecule has 0 spiro atoms. The molecule has 4 aromatic carbocycles. The molecule has 0 fully saturated rings. The van der Waals surface area contributed by atoms with Gasteiger partial charge in [0.2, 0.25) is 0 Å². The second-order valence-electron chi connectivity index (χ2n) is 9.27. The summed E-state index contributed by atoms with van der Waals surface area (Å²) in [6.07, 6.45) is 2.05. The predicted octanol–water partition coefficient (Wildman–Crippen LogP) is 8.45. The maximum Gasteiger partial charge on any atom is 0.0849 e. The third kappa shape index (κ3) is 3.38. The summed E-state index contributed by atoms with van der Waals surface area (Å²) in [5.41, 5.74) is 8.24. The summed E-state index contributed by atoms with van der Waals surface area (Å²) in [6, 6.07) is 39.6. The molecular formula is C32H26N2S. The summed E-state index contributed by atoms with van der Waals surface area (Å²) < 4.78 is 7.98. The van der Waals surface area contributed by atoms with Crippen LogP contribution in [0.5, 0.6) is 0 Å². The van der Waals surface area contributed by atoms with Crippen molar-refractivity contribution in [3.05, 3.63) is 120 Å². The van der Waals surface area contributed by atoms with E-state index in [0.29, 0.717) is 0 Å². The lowest BCUT2D eigenvalue weighted by Gasteiger charge is -2.11. The Labute approximate surface area is 208 Å². The Kier molecular flexibility index (Phi) is 4.95. The van der Waals surface area contributed by atoms with Gasteiger partial charge in [0.15, 0.2) is 0 Å². The van der Waals surface area contributed by atoms with Crippen molar-refractivity contribution in [2.75, 3.05) is 0 Å². The van der Waals surface area contributed by atoms with Crippen LogP contribution in [0.2, 0.25) is 0 Å². The minimum absolute atomic E-state index is 0.972. The van der Waals surface area contributed by atoms with Crippen molar-refractivity contribution >= 4 is 53.6 Å². The van der Waals surface area contributed by atoms with E-state index < -0.39 is 0 Å². The largest absolute Gasteiger partial charge is 0.338 e. The van der Waals surface area contributed by atoms with Crippen LogP contribution in [0.3, 0.4) is 0 Å². The van der Waals surface area contributed by atoms with Crippen LogP contribution in [0, 0.1) is 0 Å². The third-order valence-electron chi connectivity index (χ3n) is 7.21. The summed E-state index contributed by atoms with van der Waals surface area (Å²) in [7, 11) is 0. The molecule has 0 saturated carbocycles. The summed E-state index contributed by atoms with van der Waals surface area (Å²) >= 11 is 1.96. The monoisotopic (exact) mass is 470 g/mol. The van der Waals surface area contributed by atoms with Crippen LogP contribution < -0.4 is 0 Å². The molecule has 0 N–H and O–H groups in total. The second-order valence-corrected chi connectivity index (χ2v) is 10.3. The average Bonchev–Trinajstić information content (AvgIpc) is 3.54. The Bertz CT molecular complexity index is 1650. The average molecular weight is 471 g/mol. The Hall–Kier alpha value is -3.82. The van der Waals surface area contributed by atoms with Gasteiger partial charge in [0.1, 0.15) is 0 Å². The first-order chi connectivity index (χ1) is 17.4. The summed E-state index contributed by atoms with van der Waals surface area (Å²) in [4.78, 5) is 0. The quantitative estimate of drug-likeness (QED) is 0.231. The van der Waals surface area contributed by atoms with E-state index in [1.807, 2.05) is 11.3 Å². The third-order valence-corrected chi connectivity index (χ3v) is 8.45. The molecule has 3 aromatic heterocycles. The van der Waals surface area contributed by atoms with Crippen LogP contribution >= 0.6 is 11.3 Å². The first-order valence-corrected chi connectivity index (χ1v) is 13.2. The van der Waals surface area contributed by atoms with E-state index in [-0.39, 0.29) is 0 Å². The van der Waals surface area contributed by atoms with Gasteiger partial charge in [0, 0.05) is 23.9 Å². The van der Waals surface area contributed by atoms with E-state index in [1.165, 1.54) is 53.4 Å². The van der Waals surface area contributed by atoms with E-state index in [4.69, 9.17) is 0 Å². The molecule has 3 heterocycles. The normalized spacial score (nSPS) is 11.9. The Morgan fingerprint density at radius 1 is 0.457 bits per heavy atom. The lowest BCUT2D eigenvalue weighted by atomic mass is 10.1. The number of benzene rings is 4. The Morgan fingerprint density at radius 3 is 1.31 bits per heavy atom. The number of nitrogens with zero attached hydrogens (tertiary/aromatic N) is 2. The molecule has 0 saturated heterocycles. The molecule has 0 bridgehead atoms. The van der Waals surface area contributed by atoms with Gasteiger partial charge in [-0.25, -0.2) is 0 Å². The van der Waals surface area contributed by atoms with E-state index in [1.54, 1.807) is 0 Å². The summed E-state index contributed by atoms with van der Waals surface area (Å²) in [5.74, 6) is 0. The highest BCUT2D eigenvalue weighted by atomic mass is 32.1. The maximum atomic E-state index is 2.58. The van der Waals surface area contributed by atoms with E-state index in [2.05, 4.69) is 118 Å². The fourth-order valence-corrected chi connectivity index (χ4v) is 6.93. The minimum atomic E-state index is 0.972. The highest BCUT2D eigenvalue weighted by molar-refractivity contribution is 7.27. The molecule has 0 radical (unpaired) electrons. The number of hydrogen-bond acceptors (Lipinski definition) is 1. The van der Waals surface area contributed by atoms with Crippen LogP contribution in [-0.4, -0.2) is 9.13 Å². The van der Waals surface area contributed by atoms with Crippen LogP contribution in [0.4, 0.5) is 0 Å². The smallest absolute Gasteiger partial charge is 0.0849 e. The number of fused-ring (bicyclic) bond motifs is 7. The molecule has 0 atom stereocenters. The van der Waals surface area contributed by atoms with Crippen LogP contribution in [-0.2, 0) is 25.9 Å². The maximum absolute atomic E-state index is 2.58. The number of rotatable bonds is 6. The molecule has 35 heavy (non-hydrogen) atoms. The van der Waals surface area contributed by atoms with Gasteiger partial charge in [-0.15, -0.1) is 11.3 Å². The zero-order valence-electron chi connectivity index (χ0n) is 19.5. The minimum Gasteiger partial charge on any atom is -0.338 e. The number of aryl methyl sites for hydroxylation is 4. The van der Waals surface area contributed by atoms with E-state index >= 15 is 0 Å². The van der Waals surface area contributed by atoms with Gasteiger partial charge in [-0.3, -0.25) is 0 Å². The van der Waals surface area contributed by atoms with Crippen molar-refractivity contribution in [1.82, 2.24) is 9.13 Å². The Balaban J connectivity index is 1.46. The fourth-order valence-electron chi connectivity index (χ4n) is 5.56. The highest BCUT2D eigenvalue weighted by Gasteiger charge is 2.22. The SMILES string of the molecule is c1ccc(CCn2c3ccccc3c3sc4c5ccccc5n(CCc5ccccc5)c4c32)cc1. The van der Waals surface area contributed by atoms with E-state index in [0.717, 1.165) is 25.9 Å². The predicted molar refractivity (Wildman–Crippen MR) is 151 cm³/mol. The number of thiophene rings is 1. The molecule has 0 unspecified atom stereocenters. The summed E-state index contributed by atoms with van der Waals surface area (Å²) in [6.45, 7) is 1.94. The van der Waals surface area contributed by atoms with Crippen molar-refractivity contribution in [2.24, 2.45) is 0 Å². The van der Waals surface area contributed by atoms with Gasteiger partial charge in [0.05, 0.1) is 31.5 Å². The fraction of sp³-hybridized carbons (Fsp3) is 0.125. The van der Waals surface area contributed by atoms with Crippen LogP contribution in [0.15, 0.2) is 109 Å². The topological polar surface area (TPSA) is 9.86 Å². The molecule has 0 amide bonds. The first kappa shape index (κ1) is 20.5. The molecule has 0 aliphatic rings. The number of hydrogen-bond donors (Lipinski definition) is 0. The van der Waals surface area contributed by atoms with Crippen molar-refractivity contribution in [3.8, 4) is 0 Å². The Morgan fingerprint density at radius 2 is 0.857 bits per heavy atom.